The van der Waals surface area contributed by atoms with Crippen LogP contribution < -0.4 is 5.32 Å². The van der Waals surface area contributed by atoms with Crippen molar-refractivity contribution in [3.63, 3.8) is 0 Å². The van der Waals surface area contributed by atoms with E-state index in [-0.39, 0.29) is 5.91 Å². The van der Waals surface area contributed by atoms with Crippen molar-refractivity contribution < 1.29 is 13.9 Å². The summed E-state index contributed by atoms with van der Waals surface area (Å²) in [6.45, 7) is 4.10. The Balaban J connectivity index is 1.94. The molecule has 0 aliphatic carbocycles. The number of hydrogen-bond donors (Lipinski definition) is 1. The molecule has 0 aromatic carbocycles. The van der Waals surface area contributed by atoms with Crippen LogP contribution in [0.1, 0.15) is 16.3 Å². The Morgan fingerprint density at radius 1 is 1.44 bits per heavy atom. The lowest BCUT2D eigenvalue weighted by Crippen LogP contribution is -2.35. The zero-order chi connectivity index (χ0) is 11.4. The highest BCUT2D eigenvalue weighted by Crippen LogP contribution is 2.11. The van der Waals surface area contributed by atoms with Crippen LogP contribution in [-0.2, 0) is 11.3 Å². The molecule has 0 saturated carbocycles. The van der Waals surface area contributed by atoms with Gasteiger partial charge in [0.2, 0.25) is 0 Å². The van der Waals surface area contributed by atoms with E-state index in [4.69, 9.17) is 9.15 Å². The normalized spacial score (nSPS) is 17.3. The summed E-state index contributed by atoms with van der Waals surface area (Å²) in [6, 6.07) is 3.55. The molecular weight excluding hydrogens is 208 g/mol. The Hall–Kier alpha value is -1.33. The first-order valence-corrected chi connectivity index (χ1v) is 5.40. The van der Waals surface area contributed by atoms with E-state index in [1.54, 1.807) is 13.1 Å². The van der Waals surface area contributed by atoms with Crippen LogP contribution in [0.15, 0.2) is 16.5 Å². The Bertz CT molecular complexity index is 356. The molecule has 1 N–H and O–H groups in total. The number of nitrogens with zero attached hydrogens (tertiary/aromatic N) is 1. The van der Waals surface area contributed by atoms with Crippen molar-refractivity contribution in [2.45, 2.75) is 6.54 Å². The molecule has 5 heteroatoms. The van der Waals surface area contributed by atoms with Gasteiger partial charge >= 0.3 is 0 Å². The van der Waals surface area contributed by atoms with Crippen molar-refractivity contribution in [2.75, 3.05) is 33.4 Å². The number of hydrogen-bond acceptors (Lipinski definition) is 4. The van der Waals surface area contributed by atoms with Crippen LogP contribution in [0.25, 0.3) is 0 Å². The summed E-state index contributed by atoms with van der Waals surface area (Å²) in [4.78, 5) is 13.5. The van der Waals surface area contributed by atoms with Gasteiger partial charge in [-0.2, -0.15) is 0 Å². The number of furan rings is 1. The summed E-state index contributed by atoms with van der Waals surface area (Å²) in [5.41, 5.74) is 0. The maximum absolute atomic E-state index is 11.3. The number of nitrogens with one attached hydrogen (secondary N) is 1. The summed E-state index contributed by atoms with van der Waals surface area (Å²) in [6.07, 6.45) is 0. The van der Waals surface area contributed by atoms with Crippen LogP contribution in [0.3, 0.4) is 0 Å². The van der Waals surface area contributed by atoms with Gasteiger partial charge in [-0.3, -0.25) is 9.69 Å². The largest absolute Gasteiger partial charge is 0.455 e. The second-order valence-electron chi connectivity index (χ2n) is 3.73. The SMILES string of the molecule is CNC(=O)c1ccc(CN2CCOCC2)o1. The number of ether oxygens (including phenoxy) is 1. The number of carbonyl (C=O) groups excluding carboxylic acids is 1. The van der Waals surface area contributed by atoms with E-state index in [0.29, 0.717) is 5.76 Å². The molecule has 0 bridgehead atoms. The second-order valence-corrected chi connectivity index (χ2v) is 3.73. The highest BCUT2D eigenvalue weighted by atomic mass is 16.5. The van der Waals surface area contributed by atoms with E-state index >= 15 is 0 Å². The Labute approximate surface area is 94.4 Å². The minimum atomic E-state index is -0.187. The fraction of sp³-hybridized carbons (Fsp3) is 0.545. The summed E-state index contributed by atoms with van der Waals surface area (Å²) < 4.78 is 10.7. The quantitative estimate of drug-likeness (QED) is 0.811. The van der Waals surface area contributed by atoms with Gasteiger partial charge in [0, 0.05) is 20.1 Å². The first kappa shape index (κ1) is 11.2. The molecule has 0 radical (unpaired) electrons. The van der Waals surface area contributed by atoms with Gasteiger partial charge in [-0.1, -0.05) is 0 Å². The van der Waals surface area contributed by atoms with Crippen LogP contribution in [0.2, 0.25) is 0 Å². The highest BCUT2D eigenvalue weighted by molar-refractivity contribution is 5.91. The van der Waals surface area contributed by atoms with Gasteiger partial charge in [0.15, 0.2) is 5.76 Å². The second kappa shape index (κ2) is 5.14. The third-order valence-electron chi connectivity index (χ3n) is 2.60. The fourth-order valence-electron chi connectivity index (χ4n) is 1.69. The molecule has 1 aliphatic heterocycles. The van der Waals surface area contributed by atoms with Gasteiger partial charge in [0.25, 0.3) is 5.91 Å². The van der Waals surface area contributed by atoms with E-state index in [2.05, 4.69) is 10.2 Å². The van der Waals surface area contributed by atoms with Gasteiger partial charge in [0.1, 0.15) is 5.76 Å². The lowest BCUT2D eigenvalue weighted by Gasteiger charge is -2.25. The molecule has 1 saturated heterocycles. The Kier molecular flexibility index (Phi) is 3.58. The molecule has 0 unspecified atom stereocenters. The van der Waals surface area contributed by atoms with Crippen molar-refractivity contribution in [1.29, 1.82) is 0 Å². The molecule has 1 amide bonds. The topological polar surface area (TPSA) is 54.7 Å². The third-order valence-corrected chi connectivity index (χ3v) is 2.60. The van der Waals surface area contributed by atoms with E-state index in [1.807, 2.05) is 6.07 Å². The van der Waals surface area contributed by atoms with Crippen molar-refractivity contribution in [3.05, 3.63) is 23.7 Å². The van der Waals surface area contributed by atoms with Crippen LogP contribution in [0, 0.1) is 0 Å². The Morgan fingerprint density at radius 3 is 2.88 bits per heavy atom. The highest BCUT2D eigenvalue weighted by Gasteiger charge is 2.14. The summed E-state index contributed by atoms with van der Waals surface area (Å²) >= 11 is 0. The lowest BCUT2D eigenvalue weighted by molar-refractivity contribution is 0.0311. The van der Waals surface area contributed by atoms with Gasteiger partial charge in [-0.15, -0.1) is 0 Å². The zero-order valence-electron chi connectivity index (χ0n) is 9.36. The average Bonchev–Trinajstić information content (AvgIpc) is 2.78. The van der Waals surface area contributed by atoms with Crippen molar-refractivity contribution in [2.24, 2.45) is 0 Å². The van der Waals surface area contributed by atoms with Crippen molar-refractivity contribution in [1.82, 2.24) is 10.2 Å². The molecule has 1 aromatic heterocycles. The molecule has 5 nitrogen and oxygen atoms in total. The van der Waals surface area contributed by atoms with Gasteiger partial charge in [-0.05, 0) is 12.1 Å². The average molecular weight is 224 g/mol. The smallest absolute Gasteiger partial charge is 0.286 e. The first-order chi connectivity index (χ1) is 7.79. The predicted octanol–water partition coefficient (Wildman–Crippen LogP) is 0.471. The first-order valence-electron chi connectivity index (χ1n) is 5.40. The standard InChI is InChI=1S/C11H16N2O3/c1-12-11(14)10-3-2-9(16-10)8-13-4-6-15-7-5-13/h2-3H,4-8H2,1H3,(H,12,14). The number of morpholine rings is 1. The van der Waals surface area contributed by atoms with E-state index in [1.165, 1.54) is 0 Å². The third kappa shape index (κ3) is 2.62. The van der Waals surface area contributed by atoms with Crippen LogP contribution >= 0.6 is 0 Å². The maximum Gasteiger partial charge on any atom is 0.286 e. The molecule has 1 aliphatic rings. The fourth-order valence-corrected chi connectivity index (χ4v) is 1.69. The monoisotopic (exact) mass is 224 g/mol. The van der Waals surface area contributed by atoms with Crippen LogP contribution in [0.5, 0.6) is 0 Å². The molecule has 1 fully saturated rings. The van der Waals surface area contributed by atoms with Crippen molar-refractivity contribution in [3.8, 4) is 0 Å². The summed E-state index contributed by atoms with van der Waals surface area (Å²) in [5, 5.41) is 2.53. The maximum atomic E-state index is 11.3. The molecule has 16 heavy (non-hydrogen) atoms. The molecule has 0 spiro atoms. The molecule has 2 rings (SSSR count). The van der Waals surface area contributed by atoms with Gasteiger partial charge in [0.05, 0.1) is 19.8 Å². The number of rotatable bonds is 3. The van der Waals surface area contributed by atoms with Crippen LogP contribution in [-0.4, -0.2) is 44.2 Å². The minimum Gasteiger partial charge on any atom is -0.455 e. The van der Waals surface area contributed by atoms with Gasteiger partial charge in [-0.25, -0.2) is 0 Å². The summed E-state index contributed by atoms with van der Waals surface area (Å²) in [7, 11) is 1.59. The van der Waals surface area contributed by atoms with E-state index < -0.39 is 0 Å². The minimum absolute atomic E-state index is 0.187. The molecule has 88 valence electrons. The molecular formula is C11H16N2O3. The molecule has 2 heterocycles. The lowest BCUT2D eigenvalue weighted by atomic mass is 10.3. The van der Waals surface area contributed by atoms with Gasteiger partial charge < -0.3 is 14.5 Å². The van der Waals surface area contributed by atoms with Crippen molar-refractivity contribution >= 4 is 5.91 Å². The zero-order valence-corrected chi connectivity index (χ0v) is 9.36. The summed E-state index contributed by atoms with van der Waals surface area (Å²) in [5.74, 6) is 1.000. The van der Waals surface area contributed by atoms with Crippen LogP contribution in [0.4, 0.5) is 0 Å². The molecule has 1 aromatic rings. The molecule has 0 atom stereocenters. The predicted molar refractivity (Wildman–Crippen MR) is 58.2 cm³/mol. The van der Waals surface area contributed by atoms with E-state index in [9.17, 15) is 4.79 Å². The Morgan fingerprint density at radius 2 is 2.19 bits per heavy atom. The number of carbonyl (C=O) groups is 1. The number of amides is 1. The van der Waals surface area contributed by atoms with E-state index in [0.717, 1.165) is 38.6 Å².